The summed E-state index contributed by atoms with van der Waals surface area (Å²) < 4.78 is 37.5. The van der Waals surface area contributed by atoms with Crippen molar-refractivity contribution in [1.29, 1.82) is 0 Å². The van der Waals surface area contributed by atoms with Crippen molar-refractivity contribution in [3.05, 3.63) is 29.8 Å². The zero-order valence-electron chi connectivity index (χ0n) is 13.5. The number of para-hydroxylation sites is 1. The van der Waals surface area contributed by atoms with Crippen LogP contribution in [0.1, 0.15) is 30.9 Å². The number of fused-ring (bicyclic) bond motifs is 1. The molecule has 0 bridgehead atoms. The highest BCUT2D eigenvalue weighted by molar-refractivity contribution is 5.96. The van der Waals surface area contributed by atoms with Crippen molar-refractivity contribution in [2.45, 2.75) is 31.5 Å². The van der Waals surface area contributed by atoms with Crippen molar-refractivity contribution in [1.82, 2.24) is 4.90 Å². The van der Waals surface area contributed by atoms with Gasteiger partial charge in [0, 0.05) is 36.8 Å². The van der Waals surface area contributed by atoms with Crippen LogP contribution in [0.5, 0.6) is 0 Å². The molecule has 0 spiro atoms. The van der Waals surface area contributed by atoms with E-state index in [2.05, 4.69) is 0 Å². The summed E-state index contributed by atoms with van der Waals surface area (Å²) in [5, 5.41) is 10.1. The predicted octanol–water partition coefficient (Wildman–Crippen LogP) is 2.26. The number of alkyl halides is 3. The van der Waals surface area contributed by atoms with E-state index in [1.807, 2.05) is 0 Å². The van der Waals surface area contributed by atoms with Gasteiger partial charge in [-0.1, -0.05) is 18.2 Å². The lowest BCUT2D eigenvalue weighted by atomic mass is 9.92. The summed E-state index contributed by atoms with van der Waals surface area (Å²) in [4.78, 5) is 26.5. The second-order valence-electron chi connectivity index (χ2n) is 6.42. The topological polar surface area (TPSA) is 60.9 Å². The van der Waals surface area contributed by atoms with Crippen LogP contribution < -0.4 is 4.90 Å². The minimum Gasteiger partial charge on any atom is -0.388 e. The molecule has 1 aromatic carbocycles. The van der Waals surface area contributed by atoms with Crippen molar-refractivity contribution in [2.24, 2.45) is 5.92 Å². The van der Waals surface area contributed by atoms with Gasteiger partial charge in [-0.25, -0.2) is 0 Å². The molecule has 1 fully saturated rings. The fourth-order valence-electron chi connectivity index (χ4n) is 3.50. The first-order valence-electron chi connectivity index (χ1n) is 8.23. The number of anilines is 1. The Hall–Kier alpha value is -2.09. The average molecular weight is 356 g/mol. The molecule has 3 rings (SSSR count). The van der Waals surface area contributed by atoms with E-state index < -0.39 is 24.1 Å². The van der Waals surface area contributed by atoms with E-state index in [9.17, 15) is 27.9 Å². The van der Waals surface area contributed by atoms with E-state index in [1.165, 1.54) is 0 Å². The number of rotatable bonds is 1. The van der Waals surface area contributed by atoms with Gasteiger partial charge in [0.2, 0.25) is 5.91 Å². The molecule has 0 radical (unpaired) electrons. The summed E-state index contributed by atoms with van der Waals surface area (Å²) in [6.07, 6.45) is -4.65. The van der Waals surface area contributed by atoms with Gasteiger partial charge in [-0.3, -0.25) is 9.59 Å². The lowest BCUT2D eigenvalue weighted by Crippen LogP contribution is -2.49. The number of hydrogen-bond donors (Lipinski definition) is 1. The number of halogens is 3. The fraction of sp³-hybridized carbons (Fsp3) is 0.529. The normalized spacial score (nSPS) is 21.8. The largest absolute Gasteiger partial charge is 0.471 e. The first-order valence-corrected chi connectivity index (χ1v) is 8.23. The number of hydrogen-bond acceptors (Lipinski definition) is 3. The molecule has 1 atom stereocenters. The maximum absolute atomic E-state index is 12.8. The predicted molar refractivity (Wildman–Crippen MR) is 83.7 cm³/mol. The molecule has 2 amide bonds. The fourth-order valence-corrected chi connectivity index (χ4v) is 3.50. The highest BCUT2D eigenvalue weighted by Crippen LogP contribution is 2.35. The molecule has 2 aliphatic heterocycles. The van der Waals surface area contributed by atoms with Gasteiger partial charge in [0.25, 0.3) is 0 Å². The Morgan fingerprint density at radius 1 is 1.04 bits per heavy atom. The minimum atomic E-state index is -4.88. The number of carbonyl (C=O) groups excluding carboxylic acids is 2. The third-order valence-electron chi connectivity index (χ3n) is 4.85. The van der Waals surface area contributed by atoms with Gasteiger partial charge in [-0.15, -0.1) is 0 Å². The SMILES string of the molecule is O=C(C1CCN(C(=O)C(F)(F)F)CC1)N1CCC(O)c2ccccc21. The third-order valence-corrected chi connectivity index (χ3v) is 4.85. The van der Waals surface area contributed by atoms with Crippen LogP contribution in [0.25, 0.3) is 0 Å². The number of aliphatic hydroxyl groups is 1. The summed E-state index contributed by atoms with van der Waals surface area (Å²) in [6.45, 7) is 0.221. The Balaban J connectivity index is 1.68. The Bertz CT molecular complexity index is 669. The molecule has 0 aliphatic carbocycles. The molecule has 1 N–H and O–H groups in total. The van der Waals surface area contributed by atoms with Gasteiger partial charge >= 0.3 is 12.1 Å². The number of carbonyl (C=O) groups is 2. The molecular weight excluding hydrogens is 337 g/mol. The highest BCUT2D eigenvalue weighted by atomic mass is 19.4. The number of amides is 2. The first-order chi connectivity index (χ1) is 11.8. The molecule has 1 aromatic rings. The number of aliphatic hydroxyl groups excluding tert-OH is 1. The zero-order chi connectivity index (χ0) is 18.2. The highest BCUT2D eigenvalue weighted by Gasteiger charge is 2.44. The summed E-state index contributed by atoms with van der Waals surface area (Å²) in [5.41, 5.74) is 1.34. The summed E-state index contributed by atoms with van der Waals surface area (Å²) in [7, 11) is 0. The van der Waals surface area contributed by atoms with Crippen LogP contribution in [0.2, 0.25) is 0 Å². The quantitative estimate of drug-likeness (QED) is 0.840. The van der Waals surface area contributed by atoms with E-state index >= 15 is 0 Å². The second kappa shape index (κ2) is 6.67. The average Bonchev–Trinajstić information content (AvgIpc) is 2.60. The van der Waals surface area contributed by atoms with Gasteiger partial charge in [-0.2, -0.15) is 13.2 Å². The van der Waals surface area contributed by atoms with Crippen LogP contribution in [0, 0.1) is 5.92 Å². The lowest BCUT2D eigenvalue weighted by Gasteiger charge is -2.37. The van der Waals surface area contributed by atoms with E-state index in [0.29, 0.717) is 24.2 Å². The Labute approximate surface area is 143 Å². The zero-order valence-corrected chi connectivity index (χ0v) is 13.5. The van der Waals surface area contributed by atoms with Gasteiger partial charge in [0.1, 0.15) is 0 Å². The van der Waals surface area contributed by atoms with Crippen molar-refractivity contribution in [3.8, 4) is 0 Å². The van der Waals surface area contributed by atoms with E-state index in [-0.39, 0.29) is 31.8 Å². The van der Waals surface area contributed by atoms with Crippen molar-refractivity contribution in [3.63, 3.8) is 0 Å². The Morgan fingerprint density at radius 2 is 1.68 bits per heavy atom. The molecule has 8 heteroatoms. The van der Waals surface area contributed by atoms with Crippen LogP contribution in [0.15, 0.2) is 24.3 Å². The Morgan fingerprint density at radius 3 is 2.32 bits per heavy atom. The van der Waals surface area contributed by atoms with E-state index in [4.69, 9.17) is 0 Å². The van der Waals surface area contributed by atoms with Crippen LogP contribution >= 0.6 is 0 Å². The third kappa shape index (κ3) is 3.49. The monoisotopic (exact) mass is 356 g/mol. The second-order valence-corrected chi connectivity index (χ2v) is 6.42. The smallest absolute Gasteiger partial charge is 0.388 e. The number of likely N-dealkylation sites (tertiary alicyclic amines) is 1. The maximum atomic E-state index is 12.8. The number of benzene rings is 1. The summed E-state index contributed by atoms with van der Waals surface area (Å²) in [5.74, 6) is -2.41. The van der Waals surface area contributed by atoms with Crippen molar-refractivity contribution >= 4 is 17.5 Å². The molecule has 2 aliphatic rings. The molecular formula is C17H19F3N2O3. The molecule has 25 heavy (non-hydrogen) atoms. The summed E-state index contributed by atoms with van der Waals surface area (Å²) >= 11 is 0. The van der Waals surface area contributed by atoms with Crippen LogP contribution in [0.4, 0.5) is 18.9 Å². The molecule has 1 saturated heterocycles. The van der Waals surface area contributed by atoms with Crippen LogP contribution in [-0.2, 0) is 9.59 Å². The lowest BCUT2D eigenvalue weighted by molar-refractivity contribution is -0.186. The van der Waals surface area contributed by atoms with Gasteiger partial charge < -0.3 is 14.9 Å². The van der Waals surface area contributed by atoms with Gasteiger partial charge in [-0.05, 0) is 25.3 Å². The minimum absolute atomic E-state index is 0.0765. The van der Waals surface area contributed by atoms with Crippen molar-refractivity contribution < 1.29 is 27.9 Å². The molecule has 0 saturated carbocycles. The molecule has 2 heterocycles. The summed E-state index contributed by atoms with van der Waals surface area (Å²) in [6, 6.07) is 7.10. The molecule has 1 unspecified atom stereocenters. The first kappa shape index (κ1) is 17.7. The number of nitrogens with zero attached hydrogens (tertiary/aromatic N) is 2. The number of piperidine rings is 1. The van der Waals surface area contributed by atoms with E-state index in [0.717, 1.165) is 4.90 Å². The standard InChI is InChI=1S/C17H19F3N2O3/c18-17(19,20)16(25)21-8-5-11(6-9-21)15(24)22-10-7-14(23)12-3-1-2-4-13(12)22/h1-4,11,14,23H,5-10H2. The van der Waals surface area contributed by atoms with Gasteiger partial charge in [0.15, 0.2) is 0 Å². The van der Waals surface area contributed by atoms with E-state index in [1.54, 1.807) is 29.2 Å². The van der Waals surface area contributed by atoms with Crippen molar-refractivity contribution in [2.75, 3.05) is 24.5 Å². The Kier molecular flexibility index (Phi) is 4.73. The van der Waals surface area contributed by atoms with Crippen LogP contribution in [-0.4, -0.2) is 47.6 Å². The maximum Gasteiger partial charge on any atom is 0.471 e. The molecule has 136 valence electrons. The molecule has 5 nitrogen and oxygen atoms in total. The van der Waals surface area contributed by atoms with Gasteiger partial charge in [0.05, 0.1) is 6.10 Å². The van der Waals surface area contributed by atoms with Crippen LogP contribution in [0.3, 0.4) is 0 Å². The molecule has 0 aromatic heterocycles.